The fraction of sp³-hybridized carbons (Fsp3) is 0.556. The Morgan fingerprint density at radius 3 is 3.07 bits per heavy atom. The lowest BCUT2D eigenvalue weighted by Gasteiger charge is -2.02. The molecule has 6 nitrogen and oxygen atoms in total. The molecule has 0 radical (unpaired) electrons. The van der Waals surface area contributed by atoms with Gasteiger partial charge in [-0.05, 0) is 0 Å². The molecule has 0 aromatic carbocycles. The van der Waals surface area contributed by atoms with Crippen LogP contribution >= 0.6 is 0 Å². The molecule has 0 bridgehead atoms. The molecule has 6 heteroatoms. The van der Waals surface area contributed by atoms with Gasteiger partial charge in [-0.3, -0.25) is 0 Å². The number of aromatic nitrogens is 2. The summed E-state index contributed by atoms with van der Waals surface area (Å²) >= 11 is 0. The number of aliphatic hydroxyl groups is 1. The van der Waals surface area contributed by atoms with Crippen LogP contribution in [0.3, 0.4) is 0 Å². The molecule has 0 aliphatic carbocycles. The molecule has 15 heavy (non-hydrogen) atoms. The Balaban J connectivity index is 2.36. The molecular weight excluding hydrogens is 200 g/mol. The van der Waals surface area contributed by atoms with E-state index in [-0.39, 0.29) is 12.3 Å². The summed E-state index contributed by atoms with van der Waals surface area (Å²) in [4.78, 5) is 14.9. The van der Waals surface area contributed by atoms with E-state index in [1.54, 1.807) is 10.8 Å². The minimum atomic E-state index is -0.454. The van der Waals surface area contributed by atoms with Gasteiger partial charge in [0.15, 0.2) is 5.69 Å². The molecule has 0 saturated carbocycles. The average Bonchev–Trinajstić information content (AvgIpc) is 2.72. The van der Waals surface area contributed by atoms with Gasteiger partial charge in [0, 0.05) is 12.7 Å². The lowest BCUT2D eigenvalue weighted by atomic mass is 10.5. The molecule has 0 spiro atoms. The highest BCUT2D eigenvalue weighted by molar-refractivity contribution is 5.86. The van der Waals surface area contributed by atoms with Gasteiger partial charge in [-0.15, -0.1) is 0 Å². The summed E-state index contributed by atoms with van der Waals surface area (Å²) in [5.41, 5.74) is 0.277. The summed E-state index contributed by atoms with van der Waals surface area (Å²) in [6.45, 7) is 1.39. The zero-order chi connectivity index (χ0) is 11.1. The first kappa shape index (κ1) is 11.7. The van der Waals surface area contributed by atoms with Crippen molar-refractivity contribution in [1.82, 2.24) is 9.55 Å². The molecule has 0 aliphatic heterocycles. The number of carbonyl (C=O) groups excluding carboxylic acids is 1. The lowest BCUT2D eigenvalue weighted by Crippen LogP contribution is -2.07. The SMILES string of the molecule is COC(=O)c1cn(CCOCCO)cn1. The third-order valence-electron chi connectivity index (χ3n) is 1.76. The second kappa shape index (κ2) is 6.15. The van der Waals surface area contributed by atoms with E-state index in [9.17, 15) is 4.79 Å². The van der Waals surface area contributed by atoms with Crippen LogP contribution < -0.4 is 0 Å². The number of hydrogen-bond donors (Lipinski definition) is 1. The van der Waals surface area contributed by atoms with Crippen molar-refractivity contribution in [3.63, 3.8) is 0 Å². The van der Waals surface area contributed by atoms with Crippen LogP contribution in [0, 0.1) is 0 Å². The van der Waals surface area contributed by atoms with E-state index in [1.165, 1.54) is 13.4 Å². The minimum absolute atomic E-state index is 0.0112. The largest absolute Gasteiger partial charge is 0.464 e. The summed E-state index contributed by atoms with van der Waals surface area (Å²) < 4.78 is 11.3. The summed E-state index contributed by atoms with van der Waals surface area (Å²) in [5, 5.41) is 8.47. The standard InChI is InChI=1S/C9H14N2O4/c1-14-9(13)8-6-11(7-10-8)2-4-15-5-3-12/h6-7,12H,2-5H2,1H3. The molecule has 0 amide bonds. The molecule has 0 fully saturated rings. The van der Waals surface area contributed by atoms with E-state index in [2.05, 4.69) is 9.72 Å². The van der Waals surface area contributed by atoms with Gasteiger partial charge < -0.3 is 19.1 Å². The van der Waals surface area contributed by atoms with Crippen LogP contribution in [0.1, 0.15) is 10.5 Å². The Morgan fingerprint density at radius 2 is 2.40 bits per heavy atom. The van der Waals surface area contributed by atoms with E-state index < -0.39 is 5.97 Å². The number of hydrogen-bond acceptors (Lipinski definition) is 5. The molecular formula is C9H14N2O4. The van der Waals surface area contributed by atoms with Crippen LogP contribution in [0.4, 0.5) is 0 Å². The monoisotopic (exact) mass is 214 g/mol. The van der Waals surface area contributed by atoms with Gasteiger partial charge in [0.25, 0.3) is 0 Å². The Labute approximate surface area is 87.4 Å². The number of carbonyl (C=O) groups is 1. The molecule has 0 saturated heterocycles. The van der Waals surface area contributed by atoms with Crippen LogP contribution in [0.25, 0.3) is 0 Å². The zero-order valence-electron chi connectivity index (χ0n) is 8.55. The van der Waals surface area contributed by atoms with E-state index in [0.717, 1.165) is 0 Å². The maximum absolute atomic E-state index is 11.0. The van der Waals surface area contributed by atoms with Crippen LogP contribution in [0.15, 0.2) is 12.5 Å². The number of esters is 1. The molecule has 1 aromatic rings. The minimum Gasteiger partial charge on any atom is -0.464 e. The molecule has 1 aromatic heterocycles. The summed E-state index contributed by atoms with van der Waals surface area (Å²) in [5.74, 6) is -0.454. The number of rotatable bonds is 6. The average molecular weight is 214 g/mol. The predicted molar refractivity (Wildman–Crippen MR) is 51.5 cm³/mol. The van der Waals surface area contributed by atoms with Crippen molar-refractivity contribution in [3.8, 4) is 0 Å². The van der Waals surface area contributed by atoms with Crippen LogP contribution in [0.2, 0.25) is 0 Å². The summed E-state index contributed by atoms with van der Waals surface area (Å²) in [7, 11) is 1.31. The van der Waals surface area contributed by atoms with Crippen LogP contribution in [-0.4, -0.2) is 47.6 Å². The normalized spacial score (nSPS) is 10.3. The van der Waals surface area contributed by atoms with Gasteiger partial charge in [-0.25, -0.2) is 9.78 Å². The fourth-order valence-corrected chi connectivity index (χ4v) is 1.03. The highest BCUT2D eigenvalue weighted by atomic mass is 16.5. The van der Waals surface area contributed by atoms with E-state index >= 15 is 0 Å². The van der Waals surface area contributed by atoms with Crippen molar-refractivity contribution in [1.29, 1.82) is 0 Å². The van der Waals surface area contributed by atoms with E-state index in [0.29, 0.717) is 19.8 Å². The topological polar surface area (TPSA) is 73.6 Å². The quantitative estimate of drug-likeness (QED) is 0.519. The van der Waals surface area contributed by atoms with E-state index in [1.807, 2.05) is 0 Å². The Hall–Kier alpha value is -1.40. The first-order valence-electron chi connectivity index (χ1n) is 4.56. The van der Waals surface area contributed by atoms with Crippen LogP contribution in [-0.2, 0) is 16.0 Å². The smallest absolute Gasteiger partial charge is 0.358 e. The third kappa shape index (κ3) is 3.69. The lowest BCUT2D eigenvalue weighted by molar-refractivity contribution is 0.0594. The Bertz CT molecular complexity index is 311. The molecule has 84 valence electrons. The third-order valence-corrected chi connectivity index (χ3v) is 1.76. The molecule has 0 unspecified atom stereocenters. The van der Waals surface area contributed by atoms with E-state index in [4.69, 9.17) is 9.84 Å². The molecule has 1 heterocycles. The van der Waals surface area contributed by atoms with Crippen molar-refractivity contribution in [3.05, 3.63) is 18.2 Å². The van der Waals surface area contributed by atoms with Crippen molar-refractivity contribution in [2.45, 2.75) is 6.54 Å². The first-order chi connectivity index (χ1) is 7.27. The van der Waals surface area contributed by atoms with Gasteiger partial charge >= 0.3 is 5.97 Å². The predicted octanol–water partition coefficient (Wildman–Crippen LogP) is -0.321. The highest BCUT2D eigenvalue weighted by Crippen LogP contribution is 1.98. The van der Waals surface area contributed by atoms with Gasteiger partial charge in [-0.2, -0.15) is 0 Å². The van der Waals surface area contributed by atoms with Gasteiger partial charge in [-0.1, -0.05) is 0 Å². The van der Waals surface area contributed by atoms with Crippen molar-refractivity contribution in [2.24, 2.45) is 0 Å². The zero-order valence-corrected chi connectivity index (χ0v) is 8.55. The molecule has 1 rings (SSSR count). The maximum Gasteiger partial charge on any atom is 0.358 e. The Morgan fingerprint density at radius 1 is 1.60 bits per heavy atom. The number of imidazole rings is 1. The second-order valence-electron chi connectivity index (χ2n) is 2.82. The van der Waals surface area contributed by atoms with Crippen LogP contribution in [0.5, 0.6) is 0 Å². The summed E-state index contributed by atoms with van der Waals surface area (Å²) in [6, 6.07) is 0. The van der Waals surface area contributed by atoms with Crippen molar-refractivity contribution in [2.75, 3.05) is 26.9 Å². The van der Waals surface area contributed by atoms with Crippen molar-refractivity contribution >= 4 is 5.97 Å². The van der Waals surface area contributed by atoms with Gasteiger partial charge in [0.1, 0.15) is 0 Å². The Kier molecular flexibility index (Phi) is 4.79. The second-order valence-corrected chi connectivity index (χ2v) is 2.82. The van der Waals surface area contributed by atoms with Gasteiger partial charge in [0.2, 0.25) is 0 Å². The fourth-order valence-electron chi connectivity index (χ4n) is 1.03. The molecule has 1 N–H and O–H groups in total. The maximum atomic E-state index is 11.0. The first-order valence-corrected chi connectivity index (χ1v) is 4.56. The number of ether oxygens (including phenoxy) is 2. The summed E-state index contributed by atoms with van der Waals surface area (Å²) in [6.07, 6.45) is 3.13. The van der Waals surface area contributed by atoms with Crippen molar-refractivity contribution < 1.29 is 19.4 Å². The number of methoxy groups -OCH3 is 1. The number of aliphatic hydroxyl groups excluding tert-OH is 1. The van der Waals surface area contributed by atoms with Gasteiger partial charge in [0.05, 0.1) is 33.3 Å². The molecule has 0 atom stereocenters. The number of nitrogens with zero attached hydrogens (tertiary/aromatic N) is 2. The highest BCUT2D eigenvalue weighted by Gasteiger charge is 2.08. The molecule has 0 aliphatic rings.